The maximum atomic E-state index is 11.8. The summed E-state index contributed by atoms with van der Waals surface area (Å²) in [5.74, 6) is -1.05. The van der Waals surface area contributed by atoms with Crippen molar-refractivity contribution in [2.45, 2.75) is 65.5 Å². The van der Waals surface area contributed by atoms with Gasteiger partial charge in [0, 0.05) is 6.04 Å². The fraction of sp³-hybridized carbons (Fsp3) is 0.857. The first-order valence-electron chi connectivity index (χ1n) is 7.08. The third-order valence-corrected chi connectivity index (χ3v) is 3.64. The van der Waals surface area contributed by atoms with Crippen molar-refractivity contribution in [3.05, 3.63) is 0 Å². The first kappa shape index (κ1) is 17.9. The van der Waals surface area contributed by atoms with Gasteiger partial charge in [-0.1, -0.05) is 33.6 Å². The highest BCUT2D eigenvalue weighted by atomic mass is 16.4. The molecule has 0 rings (SSSR count). The maximum Gasteiger partial charge on any atom is 0.306 e. The van der Waals surface area contributed by atoms with Crippen molar-refractivity contribution in [3.8, 4) is 0 Å². The van der Waals surface area contributed by atoms with E-state index in [0.29, 0.717) is 6.42 Å². The van der Waals surface area contributed by atoms with Gasteiger partial charge in [0.05, 0.1) is 12.0 Å². The third kappa shape index (κ3) is 7.15. The Balaban J connectivity index is 3.94. The van der Waals surface area contributed by atoms with Gasteiger partial charge in [-0.15, -0.1) is 0 Å². The molecule has 0 saturated heterocycles. The molecule has 4 atom stereocenters. The summed E-state index contributed by atoms with van der Waals surface area (Å²) in [6, 6.07) is -0.436. The fourth-order valence-electron chi connectivity index (χ4n) is 1.78. The van der Waals surface area contributed by atoms with Gasteiger partial charge in [-0.2, -0.15) is 0 Å². The average molecular weight is 272 g/mol. The van der Waals surface area contributed by atoms with E-state index in [1.807, 2.05) is 20.8 Å². The standard InChI is InChI=1S/C14H28N2O3/c1-5-9(2)12(15)13(17)16-11(4)8-6-7-10(3)14(18)19/h9-12H,5-8,15H2,1-4H3,(H,16,17)(H,18,19)/t9?,10?,11?,12-/m0/s1. The first-order chi connectivity index (χ1) is 8.79. The van der Waals surface area contributed by atoms with Gasteiger partial charge in [-0.05, 0) is 25.7 Å². The number of carboxylic acids is 1. The number of rotatable bonds is 9. The molecule has 0 fully saturated rings. The van der Waals surface area contributed by atoms with Crippen LogP contribution in [-0.2, 0) is 9.59 Å². The van der Waals surface area contributed by atoms with E-state index < -0.39 is 12.0 Å². The van der Waals surface area contributed by atoms with Gasteiger partial charge in [-0.3, -0.25) is 9.59 Å². The maximum absolute atomic E-state index is 11.8. The number of hydrogen-bond acceptors (Lipinski definition) is 3. The average Bonchev–Trinajstić information content (AvgIpc) is 2.36. The second kappa shape index (κ2) is 8.91. The number of carbonyl (C=O) groups excluding carboxylic acids is 1. The Morgan fingerprint density at radius 1 is 1.21 bits per heavy atom. The van der Waals surface area contributed by atoms with Gasteiger partial charge in [0.1, 0.15) is 0 Å². The molecule has 0 bridgehead atoms. The highest BCUT2D eigenvalue weighted by molar-refractivity contribution is 5.82. The molecule has 0 radical (unpaired) electrons. The molecule has 112 valence electrons. The molecule has 0 aromatic heterocycles. The van der Waals surface area contributed by atoms with Crippen molar-refractivity contribution in [2.24, 2.45) is 17.6 Å². The van der Waals surface area contributed by atoms with E-state index in [2.05, 4.69) is 5.32 Å². The quantitative estimate of drug-likeness (QED) is 0.596. The van der Waals surface area contributed by atoms with Crippen LogP contribution in [0.2, 0.25) is 0 Å². The molecule has 0 aliphatic carbocycles. The molecule has 1 amide bonds. The van der Waals surface area contributed by atoms with Crippen molar-refractivity contribution in [1.82, 2.24) is 5.32 Å². The zero-order chi connectivity index (χ0) is 15.0. The smallest absolute Gasteiger partial charge is 0.306 e. The van der Waals surface area contributed by atoms with Gasteiger partial charge < -0.3 is 16.2 Å². The normalized spacial score (nSPS) is 17.3. The Bertz CT molecular complexity index is 294. The lowest BCUT2D eigenvalue weighted by atomic mass is 9.98. The van der Waals surface area contributed by atoms with Crippen molar-refractivity contribution < 1.29 is 14.7 Å². The molecule has 0 saturated carbocycles. The van der Waals surface area contributed by atoms with E-state index in [1.54, 1.807) is 6.92 Å². The molecular weight excluding hydrogens is 244 g/mol. The summed E-state index contributed by atoms with van der Waals surface area (Å²) in [5, 5.41) is 11.7. The van der Waals surface area contributed by atoms with Gasteiger partial charge in [-0.25, -0.2) is 0 Å². The molecule has 0 aromatic carbocycles. The highest BCUT2D eigenvalue weighted by Gasteiger charge is 2.20. The van der Waals surface area contributed by atoms with Crippen molar-refractivity contribution >= 4 is 11.9 Å². The second-order valence-electron chi connectivity index (χ2n) is 5.49. The molecule has 0 heterocycles. The summed E-state index contributed by atoms with van der Waals surface area (Å²) in [7, 11) is 0. The molecule has 5 heteroatoms. The SMILES string of the molecule is CCC(C)[C@H](N)C(=O)NC(C)CCCC(C)C(=O)O. The van der Waals surface area contributed by atoms with Crippen LogP contribution in [0.3, 0.4) is 0 Å². The molecule has 3 unspecified atom stereocenters. The number of carbonyl (C=O) groups is 2. The molecular formula is C14H28N2O3. The van der Waals surface area contributed by atoms with E-state index in [0.717, 1.165) is 19.3 Å². The molecule has 0 spiro atoms. The zero-order valence-electron chi connectivity index (χ0n) is 12.5. The van der Waals surface area contributed by atoms with E-state index in [1.165, 1.54) is 0 Å². The lowest BCUT2D eigenvalue weighted by Crippen LogP contribution is -2.47. The zero-order valence-corrected chi connectivity index (χ0v) is 12.5. The molecule has 5 nitrogen and oxygen atoms in total. The summed E-state index contributed by atoms with van der Waals surface area (Å²) in [6.45, 7) is 7.59. The minimum absolute atomic E-state index is 0.0311. The number of carboxylic acid groups (broad SMARTS) is 1. The van der Waals surface area contributed by atoms with Crippen LogP contribution in [0.1, 0.15) is 53.4 Å². The lowest BCUT2D eigenvalue weighted by Gasteiger charge is -2.21. The van der Waals surface area contributed by atoms with Crippen molar-refractivity contribution in [2.75, 3.05) is 0 Å². The Labute approximate surface area is 115 Å². The van der Waals surface area contributed by atoms with Crippen LogP contribution in [-0.4, -0.2) is 29.1 Å². The van der Waals surface area contributed by atoms with E-state index >= 15 is 0 Å². The lowest BCUT2D eigenvalue weighted by molar-refractivity contribution is -0.141. The topological polar surface area (TPSA) is 92.4 Å². The Morgan fingerprint density at radius 3 is 2.26 bits per heavy atom. The number of aliphatic carboxylic acids is 1. The van der Waals surface area contributed by atoms with Crippen LogP contribution < -0.4 is 11.1 Å². The van der Waals surface area contributed by atoms with Gasteiger partial charge in [0.15, 0.2) is 0 Å². The summed E-state index contributed by atoms with van der Waals surface area (Å²) < 4.78 is 0. The highest BCUT2D eigenvalue weighted by Crippen LogP contribution is 2.10. The van der Waals surface area contributed by atoms with Crippen LogP contribution in [0.15, 0.2) is 0 Å². The number of hydrogen-bond donors (Lipinski definition) is 3. The van der Waals surface area contributed by atoms with Gasteiger partial charge in [0.2, 0.25) is 5.91 Å². The Hall–Kier alpha value is -1.10. The second-order valence-corrected chi connectivity index (χ2v) is 5.49. The van der Waals surface area contributed by atoms with Crippen LogP contribution >= 0.6 is 0 Å². The minimum Gasteiger partial charge on any atom is -0.481 e. The van der Waals surface area contributed by atoms with Gasteiger partial charge >= 0.3 is 5.97 Å². The third-order valence-electron chi connectivity index (χ3n) is 3.64. The molecule has 0 aliphatic heterocycles. The van der Waals surface area contributed by atoms with E-state index in [9.17, 15) is 9.59 Å². The van der Waals surface area contributed by atoms with E-state index in [4.69, 9.17) is 10.8 Å². The number of nitrogens with two attached hydrogens (primary N) is 1. The summed E-state index contributed by atoms with van der Waals surface area (Å²) in [5.41, 5.74) is 5.85. The molecule has 4 N–H and O–H groups in total. The fourth-order valence-corrected chi connectivity index (χ4v) is 1.78. The molecule has 0 aliphatic rings. The van der Waals surface area contributed by atoms with Crippen LogP contribution in [0.25, 0.3) is 0 Å². The van der Waals surface area contributed by atoms with Gasteiger partial charge in [0.25, 0.3) is 0 Å². The Kier molecular flexibility index (Phi) is 8.39. The van der Waals surface area contributed by atoms with Crippen LogP contribution in [0.5, 0.6) is 0 Å². The monoisotopic (exact) mass is 272 g/mol. The molecule has 0 aromatic rings. The Morgan fingerprint density at radius 2 is 1.79 bits per heavy atom. The van der Waals surface area contributed by atoms with Crippen LogP contribution in [0, 0.1) is 11.8 Å². The predicted molar refractivity (Wildman–Crippen MR) is 75.7 cm³/mol. The van der Waals surface area contributed by atoms with Crippen molar-refractivity contribution in [3.63, 3.8) is 0 Å². The minimum atomic E-state index is -0.768. The predicted octanol–water partition coefficient (Wildman–Crippen LogP) is 1.76. The van der Waals surface area contributed by atoms with E-state index in [-0.39, 0.29) is 23.8 Å². The van der Waals surface area contributed by atoms with Crippen molar-refractivity contribution in [1.29, 1.82) is 0 Å². The summed E-state index contributed by atoms with van der Waals surface area (Å²) in [4.78, 5) is 22.5. The summed E-state index contributed by atoms with van der Waals surface area (Å²) >= 11 is 0. The summed E-state index contributed by atoms with van der Waals surface area (Å²) in [6.07, 6.45) is 3.07. The van der Waals surface area contributed by atoms with Crippen LogP contribution in [0.4, 0.5) is 0 Å². The number of amides is 1. The molecule has 19 heavy (non-hydrogen) atoms. The largest absolute Gasteiger partial charge is 0.481 e. The first-order valence-corrected chi connectivity index (χ1v) is 7.08. The number of nitrogens with one attached hydrogen (secondary N) is 1.